The van der Waals surface area contributed by atoms with E-state index in [0.29, 0.717) is 17.9 Å². The molecule has 1 heterocycles. The first-order valence-electron chi connectivity index (χ1n) is 7.69. The average molecular weight is 318 g/mol. The highest BCUT2D eigenvalue weighted by atomic mass is 16.5. The van der Waals surface area contributed by atoms with Crippen LogP contribution < -0.4 is 21.4 Å². The van der Waals surface area contributed by atoms with E-state index in [1.54, 1.807) is 24.3 Å². The van der Waals surface area contributed by atoms with E-state index >= 15 is 0 Å². The first-order chi connectivity index (χ1) is 11.0. The summed E-state index contributed by atoms with van der Waals surface area (Å²) in [6, 6.07) is 8.13. The van der Waals surface area contributed by atoms with Gasteiger partial charge in [0.05, 0.1) is 5.54 Å². The predicted molar refractivity (Wildman–Crippen MR) is 88.5 cm³/mol. The Labute approximate surface area is 134 Å². The van der Waals surface area contributed by atoms with E-state index in [9.17, 15) is 9.59 Å². The SMILES string of the molecule is CCC(CC)(CN)NC(=O)COc1ccc2ccc(=O)oc2c1. The Balaban J connectivity index is 2.03. The van der Waals surface area contributed by atoms with Gasteiger partial charge in [0, 0.05) is 24.1 Å². The van der Waals surface area contributed by atoms with Crippen LogP contribution in [0.4, 0.5) is 0 Å². The summed E-state index contributed by atoms with van der Waals surface area (Å²) in [4.78, 5) is 23.3. The van der Waals surface area contributed by atoms with Crippen LogP contribution in [0.15, 0.2) is 39.5 Å². The molecule has 0 aliphatic heterocycles. The maximum atomic E-state index is 12.1. The third-order valence-corrected chi connectivity index (χ3v) is 4.11. The zero-order valence-corrected chi connectivity index (χ0v) is 13.4. The molecule has 0 radical (unpaired) electrons. The van der Waals surface area contributed by atoms with Gasteiger partial charge in [-0.15, -0.1) is 0 Å². The third-order valence-electron chi connectivity index (χ3n) is 4.11. The fourth-order valence-corrected chi connectivity index (χ4v) is 2.38. The summed E-state index contributed by atoms with van der Waals surface area (Å²) in [5, 5.41) is 3.73. The van der Waals surface area contributed by atoms with E-state index < -0.39 is 11.2 Å². The lowest BCUT2D eigenvalue weighted by Gasteiger charge is -2.31. The number of carbonyl (C=O) groups excluding carboxylic acids is 1. The summed E-state index contributed by atoms with van der Waals surface area (Å²) in [5.74, 6) is 0.238. The van der Waals surface area contributed by atoms with Gasteiger partial charge < -0.3 is 20.2 Å². The molecule has 0 fully saturated rings. The molecule has 0 aliphatic rings. The lowest BCUT2D eigenvalue weighted by atomic mass is 9.93. The van der Waals surface area contributed by atoms with Gasteiger partial charge in [-0.2, -0.15) is 0 Å². The van der Waals surface area contributed by atoms with Crippen molar-refractivity contribution in [1.82, 2.24) is 5.32 Å². The van der Waals surface area contributed by atoms with Crippen molar-refractivity contribution in [2.75, 3.05) is 13.2 Å². The van der Waals surface area contributed by atoms with Crippen molar-refractivity contribution in [2.45, 2.75) is 32.2 Å². The van der Waals surface area contributed by atoms with Gasteiger partial charge in [0.1, 0.15) is 11.3 Å². The third kappa shape index (κ3) is 4.10. The molecule has 1 aromatic carbocycles. The first-order valence-corrected chi connectivity index (χ1v) is 7.69. The molecule has 6 nitrogen and oxygen atoms in total. The summed E-state index contributed by atoms with van der Waals surface area (Å²) in [5.41, 5.74) is 5.37. The Morgan fingerprint density at radius 3 is 2.61 bits per heavy atom. The van der Waals surface area contributed by atoms with E-state index in [1.165, 1.54) is 6.07 Å². The fraction of sp³-hybridized carbons (Fsp3) is 0.412. The number of fused-ring (bicyclic) bond motifs is 1. The van der Waals surface area contributed by atoms with Gasteiger partial charge in [0.2, 0.25) is 0 Å². The molecule has 23 heavy (non-hydrogen) atoms. The van der Waals surface area contributed by atoms with E-state index in [1.807, 2.05) is 13.8 Å². The summed E-state index contributed by atoms with van der Waals surface area (Å²) in [7, 11) is 0. The predicted octanol–water partition coefficient (Wildman–Crippen LogP) is 1.81. The second-order valence-corrected chi connectivity index (χ2v) is 5.48. The van der Waals surface area contributed by atoms with Gasteiger partial charge in [-0.1, -0.05) is 13.8 Å². The molecule has 0 aliphatic carbocycles. The van der Waals surface area contributed by atoms with Gasteiger partial charge in [-0.25, -0.2) is 4.79 Å². The summed E-state index contributed by atoms with van der Waals surface area (Å²) >= 11 is 0. The minimum absolute atomic E-state index is 0.121. The monoisotopic (exact) mass is 318 g/mol. The van der Waals surface area contributed by atoms with Gasteiger partial charge in [-0.3, -0.25) is 4.79 Å². The zero-order chi connectivity index (χ0) is 16.9. The Morgan fingerprint density at radius 1 is 1.26 bits per heavy atom. The molecule has 1 amide bonds. The van der Waals surface area contributed by atoms with Crippen molar-refractivity contribution >= 4 is 16.9 Å². The van der Waals surface area contributed by atoms with Crippen molar-refractivity contribution in [3.63, 3.8) is 0 Å². The van der Waals surface area contributed by atoms with Crippen LogP contribution in [0.2, 0.25) is 0 Å². The highest BCUT2D eigenvalue weighted by molar-refractivity contribution is 5.79. The molecule has 0 bridgehead atoms. The molecule has 0 unspecified atom stereocenters. The number of amides is 1. The van der Waals surface area contributed by atoms with E-state index in [2.05, 4.69) is 5.32 Å². The van der Waals surface area contributed by atoms with Crippen molar-refractivity contribution < 1.29 is 13.9 Å². The number of nitrogens with one attached hydrogen (secondary N) is 1. The molecule has 2 aromatic rings. The number of hydrogen-bond donors (Lipinski definition) is 2. The number of benzene rings is 1. The maximum Gasteiger partial charge on any atom is 0.336 e. The first kappa shape index (κ1) is 17.0. The molecular weight excluding hydrogens is 296 g/mol. The van der Waals surface area contributed by atoms with Crippen molar-refractivity contribution in [2.24, 2.45) is 5.73 Å². The number of carbonyl (C=O) groups is 1. The van der Waals surface area contributed by atoms with Crippen LogP contribution in [-0.2, 0) is 4.79 Å². The Bertz CT molecular complexity index is 726. The van der Waals surface area contributed by atoms with Crippen LogP contribution in [0.5, 0.6) is 5.75 Å². The molecule has 124 valence electrons. The number of ether oxygens (including phenoxy) is 1. The Hall–Kier alpha value is -2.34. The van der Waals surface area contributed by atoms with Crippen LogP contribution >= 0.6 is 0 Å². The van der Waals surface area contributed by atoms with E-state index in [-0.39, 0.29) is 12.5 Å². The largest absolute Gasteiger partial charge is 0.484 e. The minimum Gasteiger partial charge on any atom is -0.484 e. The van der Waals surface area contributed by atoms with Gasteiger partial charge in [0.15, 0.2) is 6.61 Å². The molecule has 0 spiro atoms. The van der Waals surface area contributed by atoms with Gasteiger partial charge >= 0.3 is 5.63 Å². The molecule has 0 atom stereocenters. The summed E-state index contributed by atoms with van der Waals surface area (Å²) < 4.78 is 10.6. The van der Waals surface area contributed by atoms with Crippen LogP contribution in [0.25, 0.3) is 11.0 Å². The Morgan fingerprint density at radius 2 is 1.96 bits per heavy atom. The molecule has 0 saturated carbocycles. The summed E-state index contributed by atoms with van der Waals surface area (Å²) in [6.07, 6.45) is 1.51. The second-order valence-electron chi connectivity index (χ2n) is 5.48. The van der Waals surface area contributed by atoms with Gasteiger partial charge in [0.25, 0.3) is 5.91 Å². The van der Waals surface area contributed by atoms with Crippen molar-refractivity contribution in [3.8, 4) is 5.75 Å². The number of hydrogen-bond acceptors (Lipinski definition) is 5. The summed E-state index contributed by atoms with van der Waals surface area (Å²) in [6.45, 7) is 4.24. The van der Waals surface area contributed by atoms with E-state index in [0.717, 1.165) is 18.2 Å². The smallest absolute Gasteiger partial charge is 0.336 e. The minimum atomic E-state index is -0.425. The van der Waals surface area contributed by atoms with Crippen molar-refractivity contribution in [1.29, 1.82) is 0 Å². The topological polar surface area (TPSA) is 94.6 Å². The van der Waals surface area contributed by atoms with E-state index in [4.69, 9.17) is 14.9 Å². The number of rotatable bonds is 7. The van der Waals surface area contributed by atoms with Crippen LogP contribution in [-0.4, -0.2) is 24.6 Å². The number of nitrogens with two attached hydrogens (primary N) is 1. The molecule has 3 N–H and O–H groups in total. The quantitative estimate of drug-likeness (QED) is 0.759. The fourth-order valence-electron chi connectivity index (χ4n) is 2.38. The van der Waals surface area contributed by atoms with Crippen LogP contribution in [0.3, 0.4) is 0 Å². The lowest BCUT2D eigenvalue weighted by molar-refractivity contribution is -0.125. The molecule has 6 heteroatoms. The van der Waals surface area contributed by atoms with Crippen LogP contribution in [0, 0.1) is 0 Å². The lowest BCUT2D eigenvalue weighted by Crippen LogP contribution is -2.54. The second kappa shape index (κ2) is 7.28. The van der Waals surface area contributed by atoms with Crippen LogP contribution in [0.1, 0.15) is 26.7 Å². The average Bonchev–Trinajstić information content (AvgIpc) is 2.57. The molecule has 1 aromatic heterocycles. The molecule has 0 saturated heterocycles. The maximum absolute atomic E-state index is 12.1. The van der Waals surface area contributed by atoms with Crippen molar-refractivity contribution in [3.05, 3.63) is 40.8 Å². The molecule has 2 rings (SSSR count). The standard InChI is InChI=1S/C17H22N2O4/c1-3-17(4-2,11-18)19-15(20)10-22-13-7-5-12-6-8-16(21)23-14(12)9-13/h5-9H,3-4,10-11,18H2,1-2H3,(H,19,20). The normalized spacial score (nSPS) is 11.4. The molecular formula is C17H22N2O4. The zero-order valence-electron chi connectivity index (χ0n) is 13.4. The highest BCUT2D eigenvalue weighted by Crippen LogP contribution is 2.19. The Kier molecular flexibility index (Phi) is 5.39. The van der Waals surface area contributed by atoms with Gasteiger partial charge in [-0.05, 0) is 31.0 Å². The highest BCUT2D eigenvalue weighted by Gasteiger charge is 2.26.